The summed E-state index contributed by atoms with van der Waals surface area (Å²) in [5.74, 6) is 0.658. The molecule has 0 radical (unpaired) electrons. The Morgan fingerprint density at radius 1 is 1.04 bits per heavy atom. The molecular weight excluding hydrogens is 284 g/mol. The quantitative estimate of drug-likeness (QED) is 0.659. The normalized spacial score (nSPS) is 20.4. The zero-order chi connectivity index (χ0) is 16.2. The summed E-state index contributed by atoms with van der Waals surface area (Å²) in [4.78, 5) is 12.3. The van der Waals surface area contributed by atoms with Crippen LogP contribution < -0.4 is 5.43 Å². The molecule has 0 heterocycles. The molecule has 1 N–H and O–H groups in total. The molecule has 0 aromatic heterocycles. The largest absolute Gasteiger partial charge is 0.273 e. The van der Waals surface area contributed by atoms with E-state index in [1.165, 1.54) is 5.56 Å². The number of carbonyl (C=O) groups excluding carboxylic acids is 1. The molecule has 1 aliphatic carbocycles. The number of benzene rings is 2. The summed E-state index contributed by atoms with van der Waals surface area (Å²) in [7, 11) is 0. The number of nitrogens with zero attached hydrogens (tertiary/aromatic N) is 1. The maximum absolute atomic E-state index is 12.3. The van der Waals surface area contributed by atoms with Gasteiger partial charge in [0.05, 0.1) is 5.71 Å². The van der Waals surface area contributed by atoms with Crippen LogP contribution in [-0.4, -0.2) is 11.6 Å². The average molecular weight is 306 g/mol. The SMILES string of the molecule is CC(C)/C(=N/NC(=O)[C@@H]1C[C@@H]1c1ccccc1)c1ccccc1. The van der Waals surface area contributed by atoms with Crippen molar-refractivity contribution in [2.45, 2.75) is 26.2 Å². The van der Waals surface area contributed by atoms with Crippen LogP contribution >= 0.6 is 0 Å². The second-order valence-corrected chi connectivity index (χ2v) is 6.35. The molecule has 0 unspecified atom stereocenters. The fourth-order valence-electron chi connectivity index (χ4n) is 2.89. The molecule has 3 rings (SSSR count). The average Bonchev–Trinajstić information content (AvgIpc) is 3.37. The number of hydrogen-bond donors (Lipinski definition) is 1. The monoisotopic (exact) mass is 306 g/mol. The third kappa shape index (κ3) is 3.67. The summed E-state index contributed by atoms with van der Waals surface area (Å²) in [5, 5.41) is 4.40. The summed E-state index contributed by atoms with van der Waals surface area (Å²) in [6.07, 6.45) is 0.910. The summed E-state index contributed by atoms with van der Waals surface area (Å²) in [6.45, 7) is 4.17. The Morgan fingerprint density at radius 2 is 1.65 bits per heavy atom. The molecule has 0 aliphatic heterocycles. The lowest BCUT2D eigenvalue weighted by Crippen LogP contribution is -2.24. The zero-order valence-electron chi connectivity index (χ0n) is 13.6. The van der Waals surface area contributed by atoms with Gasteiger partial charge in [0.25, 0.3) is 0 Å². The Labute approximate surface area is 137 Å². The van der Waals surface area contributed by atoms with Gasteiger partial charge in [-0.25, -0.2) is 5.43 Å². The van der Waals surface area contributed by atoms with Gasteiger partial charge in [0, 0.05) is 5.92 Å². The van der Waals surface area contributed by atoms with Crippen molar-refractivity contribution in [3.05, 3.63) is 71.8 Å². The van der Waals surface area contributed by atoms with Gasteiger partial charge in [-0.3, -0.25) is 4.79 Å². The first-order valence-electron chi connectivity index (χ1n) is 8.14. The van der Waals surface area contributed by atoms with Gasteiger partial charge in [-0.05, 0) is 29.4 Å². The first kappa shape index (κ1) is 15.5. The predicted molar refractivity (Wildman–Crippen MR) is 93.2 cm³/mol. The molecule has 1 aliphatic rings. The number of nitrogens with one attached hydrogen (secondary N) is 1. The minimum Gasteiger partial charge on any atom is -0.273 e. The van der Waals surface area contributed by atoms with Gasteiger partial charge in [-0.15, -0.1) is 0 Å². The van der Waals surface area contributed by atoms with E-state index in [2.05, 4.69) is 36.5 Å². The Balaban J connectivity index is 1.66. The van der Waals surface area contributed by atoms with Crippen LogP contribution in [0.1, 0.15) is 37.3 Å². The Hall–Kier alpha value is -2.42. The number of carbonyl (C=O) groups is 1. The number of amides is 1. The van der Waals surface area contributed by atoms with Crippen LogP contribution in [0.5, 0.6) is 0 Å². The van der Waals surface area contributed by atoms with Crippen LogP contribution in [-0.2, 0) is 4.79 Å². The number of hydrogen-bond acceptors (Lipinski definition) is 2. The molecule has 0 spiro atoms. The van der Waals surface area contributed by atoms with E-state index in [4.69, 9.17) is 0 Å². The molecule has 2 atom stereocenters. The van der Waals surface area contributed by atoms with Gasteiger partial charge >= 0.3 is 0 Å². The molecule has 23 heavy (non-hydrogen) atoms. The van der Waals surface area contributed by atoms with Crippen LogP contribution in [0.3, 0.4) is 0 Å². The van der Waals surface area contributed by atoms with Gasteiger partial charge in [-0.2, -0.15) is 5.10 Å². The Bertz CT molecular complexity index is 692. The molecule has 3 nitrogen and oxygen atoms in total. The third-order valence-corrected chi connectivity index (χ3v) is 4.26. The highest BCUT2D eigenvalue weighted by Crippen LogP contribution is 2.47. The van der Waals surface area contributed by atoms with Gasteiger partial charge in [0.15, 0.2) is 0 Å². The van der Waals surface area contributed by atoms with Crippen molar-refractivity contribution in [1.29, 1.82) is 0 Å². The van der Waals surface area contributed by atoms with Crippen LogP contribution in [0.2, 0.25) is 0 Å². The molecule has 2 aromatic carbocycles. The van der Waals surface area contributed by atoms with E-state index in [1.54, 1.807) is 0 Å². The summed E-state index contributed by atoms with van der Waals surface area (Å²) in [5.41, 5.74) is 5.98. The molecule has 1 amide bonds. The molecule has 0 bridgehead atoms. The van der Waals surface area contributed by atoms with Crippen LogP contribution in [0.25, 0.3) is 0 Å². The van der Waals surface area contributed by atoms with Crippen molar-refractivity contribution in [3.8, 4) is 0 Å². The maximum atomic E-state index is 12.3. The maximum Gasteiger partial charge on any atom is 0.243 e. The topological polar surface area (TPSA) is 41.5 Å². The molecule has 0 saturated heterocycles. The van der Waals surface area contributed by atoms with Crippen molar-refractivity contribution >= 4 is 11.6 Å². The predicted octanol–water partition coefficient (Wildman–Crippen LogP) is 3.97. The van der Waals surface area contributed by atoms with Gasteiger partial charge in [0.2, 0.25) is 5.91 Å². The summed E-state index contributed by atoms with van der Waals surface area (Å²) >= 11 is 0. The lowest BCUT2D eigenvalue weighted by atomic mass is 10.0. The van der Waals surface area contributed by atoms with Crippen LogP contribution in [0, 0.1) is 11.8 Å². The smallest absolute Gasteiger partial charge is 0.243 e. The molecular formula is C20H22N2O. The van der Waals surface area contributed by atoms with E-state index in [0.29, 0.717) is 5.92 Å². The number of hydrazone groups is 1. The lowest BCUT2D eigenvalue weighted by molar-refractivity contribution is -0.122. The summed E-state index contributed by atoms with van der Waals surface area (Å²) < 4.78 is 0. The van der Waals surface area contributed by atoms with Crippen molar-refractivity contribution < 1.29 is 4.79 Å². The van der Waals surface area contributed by atoms with E-state index in [9.17, 15) is 4.79 Å². The van der Waals surface area contributed by atoms with Crippen molar-refractivity contribution in [2.75, 3.05) is 0 Å². The minimum absolute atomic E-state index is 0.0212. The van der Waals surface area contributed by atoms with E-state index < -0.39 is 0 Å². The van der Waals surface area contributed by atoms with E-state index in [0.717, 1.165) is 17.7 Å². The fourth-order valence-corrected chi connectivity index (χ4v) is 2.89. The van der Waals surface area contributed by atoms with Gasteiger partial charge < -0.3 is 0 Å². The van der Waals surface area contributed by atoms with Crippen molar-refractivity contribution in [3.63, 3.8) is 0 Å². The van der Waals surface area contributed by atoms with Crippen molar-refractivity contribution in [1.82, 2.24) is 5.43 Å². The Morgan fingerprint density at radius 3 is 2.26 bits per heavy atom. The second kappa shape index (κ2) is 6.78. The molecule has 1 fully saturated rings. The molecule has 1 saturated carbocycles. The van der Waals surface area contributed by atoms with E-state index in [-0.39, 0.29) is 17.7 Å². The first-order chi connectivity index (χ1) is 11.2. The van der Waals surface area contributed by atoms with Crippen molar-refractivity contribution in [2.24, 2.45) is 16.9 Å². The van der Waals surface area contributed by atoms with E-state index >= 15 is 0 Å². The van der Waals surface area contributed by atoms with E-state index in [1.807, 2.05) is 48.5 Å². The number of rotatable bonds is 5. The van der Waals surface area contributed by atoms with Gasteiger partial charge in [-0.1, -0.05) is 74.5 Å². The fraction of sp³-hybridized carbons (Fsp3) is 0.300. The highest BCUT2D eigenvalue weighted by Gasteiger charge is 2.43. The molecule has 3 heteroatoms. The second-order valence-electron chi connectivity index (χ2n) is 6.35. The minimum atomic E-state index is 0.0212. The van der Waals surface area contributed by atoms with Crippen LogP contribution in [0.15, 0.2) is 65.8 Å². The van der Waals surface area contributed by atoms with Gasteiger partial charge in [0.1, 0.15) is 0 Å². The van der Waals surface area contributed by atoms with Crippen LogP contribution in [0.4, 0.5) is 0 Å². The zero-order valence-corrected chi connectivity index (χ0v) is 13.6. The first-order valence-corrected chi connectivity index (χ1v) is 8.14. The Kier molecular flexibility index (Phi) is 4.56. The molecule has 2 aromatic rings. The highest BCUT2D eigenvalue weighted by molar-refractivity contribution is 6.02. The third-order valence-electron chi connectivity index (χ3n) is 4.26. The highest BCUT2D eigenvalue weighted by atomic mass is 16.2. The lowest BCUT2D eigenvalue weighted by Gasteiger charge is -2.10. The summed E-state index contributed by atoms with van der Waals surface area (Å²) in [6, 6.07) is 20.2. The standard InChI is InChI=1S/C20H22N2O/c1-14(2)19(16-11-7-4-8-12-16)21-22-20(23)18-13-17(18)15-9-5-3-6-10-15/h3-12,14,17-18H,13H2,1-2H3,(H,22,23)/b21-19-/t17-,18-/m1/s1. The molecule has 118 valence electrons.